The molecular weight excluding hydrogens is 230 g/mol. The summed E-state index contributed by atoms with van der Waals surface area (Å²) in [5.41, 5.74) is 5.46. The van der Waals surface area contributed by atoms with Crippen LogP contribution in [0.5, 0.6) is 0 Å². The van der Waals surface area contributed by atoms with E-state index in [1.165, 1.54) is 6.42 Å². The van der Waals surface area contributed by atoms with Gasteiger partial charge in [0.25, 0.3) is 0 Å². The smallest absolute Gasteiger partial charge is 0.133 e. The molecule has 4 nitrogen and oxygen atoms in total. The summed E-state index contributed by atoms with van der Waals surface area (Å²) >= 11 is 0. The predicted octanol–water partition coefficient (Wildman–Crippen LogP) is 1.80. The summed E-state index contributed by atoms with van der Waals surface area (Å²) in [7, 11) is 0. The molecule has 1 saturated heterocycles. The van der Waals surface area contributed by atoms with E-state index in [-0.39, 0.29) is 5.41 Å². The van der Waals surface area contributed by atoms with Gasteiger partial charge in [0.15, 0.2) is 0 Å². The van der Waals surface area contributed by atoms with Gasteiger partial charge in [0, 0.05) is 24.5 Å². The van der Waals surface area contributed by atoms with E-state index in [0.717, 1.165) is 12.2 Å². The lowest BCUT2D eigenvalue weighted by Gasteiger charge is -2.29. The van der Waals surface area contributed by atoms with Gasteiger partial charge in [-0.1, -0.05) is 6.92 Å². The summed E-state index contributed by atoms with van der Waals surface area (Å²) in [4.78, 5) is 0. The highest BCUT2D eigenvalue weighted by Crippen LogP contribution is 2.49. The van der Waals surface area contributed by atoms with Gasteiger partial charge in [-0.15, -0.1) is 0 Å². The van der Waals surface area contributed by atoms with Gasteiger partial charge in [-0.05, 0) is 30.9 Å². The maximum Gasteiger partial charge on any atom is 0.133 e. The fourth-order valence-corrected chi connectivity index (χ4v) is 2.85. The van der Waals surface area contributed by atoms with Gasteiger partial charge < -0.3 is 20.0 Å². The van der Waals surface area contributed by atoms with Gasteiger partial charge in [0.1, 0.15) is 17.6 Å². The minimum absolute atomic E-state index is 0.371. The van der Waals surface area contributed by atoms with Crippen LogP contribution in [0.1, 0.15) is 43.3 Å². The molecule has 1 saturated carbocycles. The Kier molecular flexibility index (Phi) is 2.96. The molecule has 4 heteroatoms. The molecule has 4 unspecified atom stereocenters. The van der Waals surface area contributed by atoms with Crippen LogP contribution in [0.2, 0.25) is 0 Å². The number of aliphatic hydroxyl groups excluding tert-OH is 1. The van der Waals surface area contributed by atoms with Crippen molar-refractivity contribution in [3.8, 4) is 0 Å². The summed E-state index contributed by atoms with van der Waals surface area (Å²) in [6.45, 7) is 3.82. The number of aliphatic hydroxyl groups is 1. The molecule has 1 aromatic rings. The van der Waals surface area contributed by atoms with E-state index in [2.05, 4.69) is 6.92 Å². The fraction of sp³-hybridized carbons (Fsp3) is 0.714. The molecule has 1 aliphatic heterocycles. The third kappa shape index (κ3) is 1.88. The maximum absolute atomic E-state index is 10.5. The van der Waals surface area contributed by atoms with Crippen molar-refractivity contribution in [1.82, 2.24) is 0 Å². The summed E-state index contributed by atoms with van der Waals surface area (Å²) in [5.74, 6) is 2.89. The number of ether oxygens (including phenoxy) is 1. The average Bonchev–Trinajstić information content (AvgIpc) is 2.89. The van der Waals surface area contributed by atoms with Crippen molar-refractivity contribution in [2.75, 3.05) is 19.8 Å². The second-order valence-corrected chi connectivity index (χ2v) is 5.83. The number of hydrogen-bond acceptors (Lipinski definition) is 4. The molecule has 1 aliphatic carbocycles. The Hall–Kier alpha value is -0.840. The molecule has 0 amide bonds. The zero-order valence-corrected chi connectivity index (χ0v) is 10.8. The second-order valence-electron chi connectivity index (χ2n) is 5.83. The number of furan rings is 1. The number of hydrogen-bond donors (Lipinski definition) is 2. The summed E-state index contributed by atoms with van der Waals surface area (Å²) in [6.07, 6.45) is 1.32. The highest BCUT2D eigenvalue weighted by atomic mass is 16.5. The predicted molar refractivity (Wildman–Crippen MR) is 67.1 cm³/mol. The molecule has 2 fully saturated rings. The van der Waals surface area contributed by atoms with E-state index < -0.39 is 6.10 Å². The van der Waals surface area contributed by atoms with Crippen LogP contribution in [-0.2, 0) is 4.74 Å². The van der Waals surface area contributed by atoms with Crippen molar-refractivity contribution in [2.45, 2.75) is 31.8 Å². The van der Waals surface area contributed by atoms with Crippen LogP contribution in [0, 0.1) is 11.3 Å². The average molecular weight is 251 g/mol. The molecule has 0 spiro atoms. The SMILES string of the molecule is CC1CC1c1ccc(C(O)C2(CN)CCOC2)o1. The molecule has 100 valence electrons. The van der Waals surface area contributed by atoms with Crippen LogP contribution in [0.25, 0.3) is 0 Å². The van der Waals surface area contributed by atoms with Crippen LogP contribution in [0.15, 0.2) is 16.5 Å². The van der Waals surface area contributed by atoms with Gasteiger partial charge in [0.05, 0.1) is 6.61 Å². The Morgan fingerprint density at radius 1 is 1.56 bits per heavy atom. The molecule has 2 heterocycles. The van der Waals surface area contributed by atoms with Gasteiger partial charge in [-0.25, -0.2) is 0 Å². The largest absolute Gasteiger partial charge is 0.463 e. The second kappa shape index (κ2) is 4.37. The Morgan fingerprint density at radius 3 is 2.89 bits per heavy atom. The first-order chi connectivity index (χ1) is 8.66. The Bertz CT molecular complexity index is 422. The van der Waals surface area contributed by atoms with Crippen LogP contribution < -0.4 is 5.73 Å². The van der Waals surface area contributed by atoms with E-state index in [4.69, 9.17) is 14.9 Å². The lowest BCUT2D eigenvalue weighted by atomic mass is 9.80. The first-order valence-corrected chi connectivity index (χ1v) is 6.72. The maximum atomic E-state index is 10.5. The van der Waals surface area contributed by atoms with E-state index in [1.54, 1.807) is 0 Å². The topological polar surface area (TPSA) is 68.6 Å². The number of nitrogens with two attached hydrogens (primary N) is 1. The first-order valence-electron chi connectivity index (χ1n) is 6.72. The van der Waals surface area contributed by atoms with Gasteiger partial charge in [-0.2, -0.15) is 0 Å². The van der Waals surface area contributed by atoms with E-state index in [1.807, 2.05) is 12.1 Å². The molecule has 3 N–H and O–H groups in total. The monoisotopic (exact) mass is 251 g/mol. The quantitative estimate of drug-likeness (QED) is 0.856. The minimum Gasteiger partial charge on any atom is -0.463 e. The van der Waals surface area contributed by atoms with Gasteiger partial charge in [-0.3, -0.25) is 0 Å². The molecule has 0 aromatic carbocycles. The van der Waals surface area contributed by atoms with Crippen molar-refractivity contribution in [2.24, 2.45) is 17.1 Å². The van der Waals surface area contributed by atoms with Crippen LogP contribution in [0.4, 0.5) is 0 Å². The van der Waals surface area contributed by atoms with Crippen molar-refractivity contribution in [3.63, 3.8) is 0 Å². The molecule has 3 rings (SSSR count). The van der Waals surface area contributed by atoms with E-state index in [9.17, 15) is 5.11 Å². The molecular formula is C14H21NO3. The highest BCUT2D eigenvalue weighted by Gasteiger charge is 2.44. The molecule has 18 heavy (non-hydrogen) atoms. The summed E-state index contributed by atoms with van der Waals surface area (Å²) < 4.78 is 11.2. The lowest BCUT2D eigenvalue weighted by Crippen LogP contribution is -2.37. The zero-order chi connectivity index (χ0) is 12.8. The van der Waals surface area contributed by atoms with E-state index in [0.29, 0.717) is 37.4 Å². The first kappa shape index (κ1) is 12.2. The Balaban J connectivity index is 1.79. The highest BCUT2D eigenvalue weighted by molar-refractivity contribution is 5.20. The van der Waals surface area contributed by atoms with Gasteiger partial charge in [0.2, 0.25) is 0 Å². The lowest BCUT2D eigenvalue weighted by molar-refractivity contribution is 0.00410. The molecule has 0 radical (unpaired) electrons. The van der Waals surface area contributed by atoms with Crippen molar-refractivity contribution in [3.05, 3.63) is 23.7 Å². The molecule has 1 aromatic heterocycles. The molecule has 2 aliphatic rings. The standard InChI is InChI=1S/C14H21NO3/c1-9-6-10(9)11-2-3-12(18-11)13(16)14(7-15)4-5-17-8-14/h2-3,9-10,13,16H,4-8,15H2,1H3. The Labute approximate surface area is 107 Å². The Morgan fingerprint density at radius 2 is 2.33 bits per heavy atom. The minimum atomic E-state index is -0.659. The normalized spacial score (nSPS) is 36.8. The van der Waals surface area contributed by atoms with Crippen LogP contribution in [0.3, 0.4) is 0 Å². The fourth-order valence-electron chi connectivity index (χ4n) is 2.85. The third-order valence-corrected chi connectivity index (χ3v) is 4.51. The van der Waals surface area contributed by atoms with Crippen molar-refractivity contribution < 1.29 is 14.3 Å². The van der Waals surface area contributed by atoms with Crippen molar-refractivity contribution >= 4 is 0 Å². The van der Waals surface area contributed by atoms with Gasteiger partial charge >= 0.3 is 0 Å². The zero-order valence-electron chi connectivity index (χ0n) is 10.8. The van der Waals surface area contributed by atoms with Crippen molar-refractivity contribution in [1.29, 1.82) is 0 Å². The number of rotatable bonds is 4. The van der Waals surface area contributed by atoms with Crippen LogP contribution in [-0.4, -0.2) is 24.9 Å². The molecule has 0 bridgehead atoms. The summed E-state index contributed by atoms with van der Waals surface area (Å²) in [5, 5.41) is 10.5. The van der Waals surface area contributed by atoms with E-state index >= 15 is 0 Å². The van der Waals surface area contributed by atoms with Crippen LogP contribution >= 0.6 is 0 Å². The third-order valence-electron chi connectivity index (χ3n) is 4.51. The molecule has 4 atom stereocenters. The summed E-state index contributed by atoms with van der Waals surface area (Å²) in [6, 6.07) is 3.88.